The third-order valence-electron chi connectivity index (χ3n) is 2.43. The number of aromatic carboxylic acids is 1. The molecule has 0 atom stereocenters. The van der Waals surface area contributed by atoms with Crippen molar-refractivity contribution in [1.29, 1.82) is 0 Å². The second-order valence-electron chi connectivity index (χ2n) is 3.87. The fraction of sp³-hybridized carbons (Fsp3) is 0.0714. The van der Waals surface area contributed by atoms with Gasteiger partial charge in [0.25, 0.3) is 0 Å². The third kappa shape index (κ3) is 3.54. The summed E-state index contributed by atoms with van der Waals surface area (Å²) < 4.78 is 19.2. The van der Waals surface area contributed by atoms with Gasteiger partial charge in [0.2, 0.25) is 0 Å². The molecule has 0 amide bonds. The van der Waals surface area contributed by atoms with Crippen molar-refractivity contribution in [3.05, 3.63) is 63.9 Å². The Morgan fingerprint density at radius 2 is 2.00 bits per heavy atom. The number of halogens is 2. The minimum Gasteiger partial charge on any atom is -0.488 e. The quantitative estimate of drug-likeness (QED) is 0.928. The van der Waals surface area contributed by atoms with Gasteiger partial charge in [-0.05, 0) is 35.9 Å². The Labute approximate surface area is 117 Å². The Balaban J connectivity index is 2.16. The number of ether oxygens (including phenoxy) is 1. The third-order valence-corrected chi connectivity index (χ3v) is 2.89. The van der Waals surface area contributed by atoms with Crippen LogP contribution < -0.4 is 4.74 Å². The van der Waals surface area contributed by atoms with Crippen LogP contribution in [0.15, 0.2) is 46.9 Å². The van der Waals surface area contributed by atoms with Crippen LogP contribution in [0.4, 0.5) is 4.39 Å². The molecule has 19 heavy (non-hydrogen) atoms. The van der Waals surface area contributed by atoms with Crippen LogP contribution in [-0.2, 0) is 6.61 Å². The lowest BCUT2D eigenvalue weighted by Gasteiger charge is -2.09. The Bertz CT molecular complexity index is 593. The summed E-state index contributed by atoms with van der Waals surface area (Å²) in [6, 6.07) is 10.7. The molecule has 0 bridgehead atoms. The minimum atomic E-state index is -1.06. The molecular weight excluding hydrogens is 315 g/mol. The number of carboxylic acid groups (broad SMARTS) is 1. The molecule has 0 saturated carbocycles. The van der Waals surface area contributed by atoms with E-state index in [9.17, 15) is 9.18 Å². The normalized spacial score (nSPS) is 10.2. The van der Waals surface area contributed by atoms with Gasteiger partial charge >= 0.3 is 5.97 Å². The predicted molar refractivity (Wildman–Crippen MR) is 71.8 cm³/mol. The molecule has 0 aliphatic heterocycles. The standard InChI is InChI=1S/C14H10BrFO3/c15-10-5-9(6-11(16)7-10)8-19-13-4-2-1-3-12(13)14(17)18/h1-7H,8H2,(H,17,18). The van der Waals surface area contributed by atoms with E-state index >= 15 is 0 Å². The first-order chi connectivity index (χ1) is 9.06. The molecule has 0 aliphatic carbocycles. The molecule has 2 rings (SSSR count). The molecule has 1 N–H and O–H groups in total. The van der Waals surface area contributed by atoms with Crippen molar-refractivity contribution in [2.45, 2.75) is 6.61 Å². The van der Waals surface area contributed by atoms with Crippen molar-refractivity contribution < 1.29 is 19.0 Å². The van der Waals surface area contributed by atoms with E-state index in [1.807, 2.05) is 0 Å². The summed E-state index contributed by atoms with van der Waals surface area (Å²) in [5, 5.41) is 9.00. The summed E-state index contributed by atoms with van der Waals surface area (Å²) in [5.41, 5.74) is 0.699. The van der Waals surface area contributed by atoms with Crippen LogP contribution in [0, 0.1) is 5.82 Å². The number of benzene rings is 2. The van der Waals surface area contributed by atoms with E-state index < -0.39 is 5.97 Å². The van der Waals surface area contributed by atoms with Crippen LogP contribution in [-0.4, -0.2) is 11.1 Å². The average molecular weight is 325 g/mol. The van der Waals surface area contributed by atoms with Gasteiger partial charge in [0.1, 0.15) is 23.7 Å². The van der Waals surface area contributed by atoms with E-state index in [0.717, 1.165) is 0 Å². The summed E-state index contributed by atoms with van der Waals surface area (Å²) in [4.78, 5) is 11.0. The summed E-state index contributed by atoms with van der Waals surface area (Å²) in [5.74, 6) is -1.18. The molecule has 0 heterocycles. The number of para-hydroxylation sites is 1. The number of carboxylic acids is 1. The van der Waals surface area contributed by atoms with Crippen LogP contribution in [0.2, 0.25) is 0 Å². The fourth-order valence-corrected chi connectivity index (χ4v) is 2.14. The van der Waals surface area contributed by atoms with Gasteiger partial charge in [-0.1, -0.05) is 28.1 Å². The number of hydrogen-bond acceptors (Lipinski definition) is 2. The molecule has 2 aromatic rings. The minimum absolute atomic E-state index is 0.0815. The highest BCUT2D eigenvalue weighted by Crippen LogP contribution is 2.21. The average Bonchev–Trinajstić information content (AvgIpc) is 2.35. The molecule has 0 radical (unpaired) electrons. The Morgan fingerprint density at radius 1 is 1.26 bits per heavy atom. The topological polar surface area (TPSA) is 46.5 Å². The highest BCUT2D eigenvalue weighted by atomic mass is 79.9. The zero-order valence-electron chi connectivity index (χ0n) is 9.77. The zero-order chi connectivity index (χ0) is 13.8. The second-order valence-corrected chi connectivity index (χ2v) is 4.78. The maximum atomic E-state index is 13.2. The summed E-state index contributed by atoms with van der Waals surface area (Å²) in [6.07, 6.45) is 0. The monoisotopic (exact) mass is 324 g/mol. The van der Waals surface area contributed by atoms with Gasteiger partial charge in [0.15, 0.2) is 0 Å². The molecule has 0 saturated heterocycles. The van der Waals surface area contributed by atoms with Gasteiger partial charge in [0, 0.05) is 4.47 Å². The molecule has 0 unspecified atom stereocenters. The zero-order valence-corrected chi connectivity index (χ0v) is 11.4. The highest BCUT2D eigenvalue weighted by Gasteiger charge is 2.10. The van der Waals surface area contributed by atoms with Crippen molar-refractivity contribution in [3.8, 4) is 5.75 Å². The van der Waals surface area contributed by atoms with Crippen molar-refractivity contribution >= 4 is 21.9 Å². The summed E-state index contributed by atoms with van der Waals surface area (Å²) >= 11 is 3.19. The lowest BCUT2D eigenvalue weighted by Crippen LogP contribution is -2.03. The van der Waals surface area contributed by atoms with E-state index in [1.54, 1.807) is 24.3 Å². The van der Waals surface area contributed by atoms with Crippen LogP contribution in [0.5, 0.6) is 5.75 Å². The van der Waals surface area contributed by atoms with Crippen molar-refractivity contribution in [2.75, 3.05) is 0 Å². The lowest BCUT2D eigenvalue weighted by molar-refractivity contribution is 0.0691. The Hall–Kier alpha value is -1.88. The van der Waals surface area contributed by atoms with Crippen LogP contribution in [0.25, 0.3) is 0 Å². The first-order valence-corrected chi connectivity index (χ1v) is 6.25. The molecule has 98 valence electrons. The van der Waals surface area contributed by atoms with E-state index in [0.29, 0.717) is 10.0 Å². The van der Waals surface area contributed by atoms with E-state index in [4.69, 9.17) is 9.84 Å². The number of rotatable bonds is 4. The van der Waals surface area contributed by atoms with Crippen molar-refractivity contribution in [1.82, 2.24) is 0 Å². The van der Waals surface area contributed by atoms with Gasteiger partial charge in [0.05, 0.1) is 0 Å². The molecule has 0 spiro atoms. The SMILES string of the molecule is O=C(O)c1ccccc1OCc1cc(F)cc(Br)c1. The summed E-state index contributed by atoms with van der Waals surface area (Å²) in [7, 11) is 0. The molecular formula is C14H10BrFO3. The van der Waals surface area contributed by atoms with Crippen LogP contribution in [0.3, 0.4) is 0 Å². The smallest absolute Gasteiger partial charge is 0.339 e. The molecule has 5 heteroatoms. The van der Waals surface area contributed by atoms with E-state index in [1.165, 1.54) is 18.2 Å². The first-order valence-electron chi connectivity index (χ1n) is 5.46. The van der Waals surface area contributed by atoms with Gasteiger partial charge < -0.3 is 9.84 Å². The largest absolute Gasteiger partial charge is 0.488 e. The summed E-state index contributed by atoms with van der Waals surface area (Å²) in [6.45, 7) is 0.0979. The maximum absolute atomic E-state index is 13.2. The second kappa shape index (κ2) is 5.84. The van der Waals surface area contributed by atoms with E-state index in [2.05, 4.69) is 15.9 Å². The van der Waals surface area contributed by atoms with E-state index in [-0.39, 0.29) is 23.7 Å². The lowest BCUT2D eigenvalue weighted by atomic mass is 10.2. The van der Waals surface area contributed by atoms with Gasteiger partial charge in [-0.15, -0.1) is 0 Å². The van der Waals surface area contributed by atoms with Gasteiger partial charge in [-0.2, -0.15) is 0 Å². The number of hydrogen-bond donors (Lipinski definition) is 1. The molecule has 0 aromatic heterocycles. The maximum Gasteiger partial charge on any atom is 0.339 e. The molecule has 0 aliphatic rings. The van der Waals surface area contributed by atoms with Crippen LogP contribution in [0.1, 0.15) is 15.9 Å². The molecule has 0 fully saturated rings. The fourth-order valence-electron chi connectivity index (χ4n) is 1.62. The first kappa shape index (κ1) is 13.5. The Kier molecular flexibility index (Phi) is 4.16. The highest BCUT2D eigenvalue weighted by molar-refractivity contribution is 9.10. The van der Waals surface area contributed by atoms with Crippen LogP contribution >= 0.6 is 15.9 Å². The molecule has 2 aromatic carbocycles. The van der Waals surface area contributed by atoms with Crippen molar-refractivity contribution in [3.63, 3.8) is 0 Å². The Morgan fingerprint density at radius 3 is 2.68 bits per heavy atom. The van der Waals surface area contributed by atoms with Gasteiger partial charge in [-0.25, -0.2) is 9.18 Å². The van der Waals surface area contributed by atoms with Crippen molar-refractivity contribution in [2.24, 2.45) is 0 Å². The van der Waals surface area contributed by atoms with Gasteiger partial charge in [-0.3, -0.25) is 0 Å². The predicted octanol–water partition coefficient (Wildman–Crippen LogP) is 3.87. The molecule has 3 nitrogen and oxygen atoms in total. The number of carbonyl (C=O) groups is 1.